The van der Waals surface area contributed by atoms with Crippen LogP contribution >= 0.6 is 0 Å². The summed E-state index contributed by atoms with van der Waals surface area (Å²) in [5, 5.41) is 5.25. The zero-order valence-electron chi connectivity index (χ0n) is 16.9. The first kappa shape index (κ1) is 21.5. The van der Waals surface area contributed by atoms with E-state index in [2.05, 4.69) is 39.8 Å². The largest absolute Gasteiger partial charge is 0.339 e. The molecule has 158 valence electrons. The Morgan fingerprint density at radius 3 is 2.33 bits per heavy atom. The molecular formula is C23H27FN4O2. The monoisotopic (exact) mass is 410 g/mol. The van der Waals surface area contributed by atoms with Crippen molar-refractivity contribution in [2.24, 2.45) is 0 Å². The average molecular weight is 410 g/mol. The molecule has 1 aliphatic rings. The van der Waals surface area contributed by atoms with Gasteiger partial charge >= 0.3 is 6.03 Å². The van der Waals surface area contributed by atoms with Crippen LogP contribution in [0.4, 0.5) is 9.18 Å². The Morgan fingerprint density at radius 1 is 0.933 bits per heavy atom. The maximum atomic E-state index is 12.9. The van der Waals surface area contributed by atoms with Gasteiger partial charge in [-0.1, -0.05) is 54.6 Å². The summed E-state index contributed by atoms with van der Waals surface area (Å²) in [6.45, 7) is 4.00. The minimum absolute atomic E-state index is 0.0385. The first-order chi connectivity index (χ1) is 14.6. The van der Waals surface area contributed by atoms with Gasteiger partial charge in [0.15, 0.2) is 0 Å². The van der Waals surface area contributed by atoms with Crippen LogP contribution in [0.25, 0.3) is 6.08 Å². The van der Waals surface area contributed by atoms with Crippen LogP contribution in [0.5, 0.6) is 0 Å². The summed E-state index contributed by atoms with van der Waals surface area (Å²) < 4.78 is 12.9. The highest BCUT2D eigenvalue weighted by Crippen LogP contribution is 2.05. The van der Waals surface area contributed by atoms with Gasteiger partial charge in [-0.05, 0) is 23.3 Å². The summed E-state index contributed by atoms with van der Waals surface area (Å²) in [7, 11) is 0. The van der Waals surface area contributed by atoms with Crippen LogP contribution in [0.3, 0.4) is 0 Å². The third kappa shape index (κ3) is 7.00. The number of nitrogens with zero attached hydrogens (tertiary/aromatic N) is 2. The molecule has 1 fully saturated rings. The number of hydrogen-bond acceptors (Lipinski definition) is 3. The van der Waals surface area contributed by atoms with Gasteiger partial charge < -0.3 is 15.5 Å². The Bertz CT molecular complexity index is 847. The third-order valence-corrected chi connectivity index (χ3v) is 4.96. The molecule has 6 nitrogen and oxygen atoms in total. The molecule has 0 aliphatic carbocycles. The second-order valence-corrected chi connectivity index (χ2v) is 7.16. The summed E-state index contributed by atoms with van der Waals surface area (Å²) in [6, 6.07) is 15.6. The number of amides is 3. The number of rotatable bonds is 7. The molecule has 30 heavy (non-hydrogen) atoms. The van der Waals surface area contributed by atoms with Gasteiger partial charge in [0.2, 0.25) is 5.91 Å². The molecule has 0 aromatic heterocycles. The molecule has 0 spiro atoms. The molecule has 0 bridgehead atoms. The van der Waals surface area contributed by atoms with E-state index in [1.165, 1.54) is 17.7 Å². The number of carbonyl (C=O) groups is 2. The zero-order valence-corrected chi connectivity index (χ0v) is 16.9. The van der Waals surface area contributed by atoms with E-state index in [9.17, 15) is 14.0 Å². The highest BCUT2D eigenvalue weighted by molar-refractivity contribution is 5.84. The number of hydrogen-bond donors (Lipinski definition) is 2. The summed E-state index contributed by atoms with van der Waals surface area (Å²) in [5.41, 5.74) is 1.96. The lowest BCUT2D eigenvalue weighted by Gasteiger charge is -2.34. The fourth-order valence-corrected chi connectivity index (χ4v) is 3.20. The van der Waals surface area contributed by atoms with Crippen LogP contribution < -0.4 is 10.6 Å². The van der Waals surface area contributed by atoms with Gasteiger partial charge in [0.1, 0.15) is 5.82 Å². The van der Waals surface area contributed by atoms with Crippen LogP contribution in [0, 0.1) is 5.82 Å². The van der Waals surface area contributed by atoms with Crippen LogP contribution in [0.2, 0.25) is 0 Å². The Balaban J connectivity index is 1.31. The van der Waals surface area contributed by atoms with Crippen molar-refractivity contribution in [2.75, 3.05) is 39.3 Å². The standard InChI is InChI=1S/C23H27FN4O2/c24-21-10-8-20(9-11-21)17-25-23(30)26-18-22(29)28-15-13-27(14-16-28)12-4-7-19-5-2-1-3-6-19/h1-11H,12-18H2,(H2,25,26,30)/b7-4+. The van der Waals surface area contributed by atoms with E-state index in [0.29, 0.717) is 13.1 Å². The van der Waals surface area contributed by atoms with Crippen molar-refractivity contribution < 1.29 is 14.0 Å². The molecule has 3 rings (SSSR count). The Hall–Kier alpha value is -3.19. The third-order valence-electron chi connectivity index (χ3n) is 4.96. The topological polar surface area (TPSA) is 64.7 Å². The van der Waals surface area contributed by atoms with Crippen molar-refractivity contribution in [1.82, 2.24) is 20.4 Å². The van der Waals surface area contributed by atoms with Crippen molar-refractivity contribution in [2.45, 2.75) is 6.54 Å². The van der Waals surface area contributed by atoms with E-state index in [4.69, 9.17) is 0 Å². The van der Waals surface area contributed by atoms with Crippen LogP contribution in [-0.4, -0.2) is 61.0 Å². The summed E-state index contributed by atoms with van der Waals surface area (Å²) in [5.74, 6) is -0.410. The van der Waals surface area contributed by atoms with Crippen molar-refractivity contribution in [3.8, 4) is 0 Å². The Morgan fingerprint density at radius 2 is 1.63 bits per heavy atom. The van der Waals surface area contributed by atoms with Crippen molar-refractivity contribution in [3.05, 3.63) is 77.6 Å². The maximum absolute atomic E-state index is 12.9. The average Bonchev–Trinajstić information content (AvgIpc) is 2.78. The predicted octanol–water partition coefficient (Wildman–Crippen LogP) is 2.48. The van der Waals surface area contributed by atoms with Gasteiger partial charge in [-0.25, -0.2) is 9.18 Å². The first-order valence-corrected chi connectivity index (χ1v) is 10.1. The lowest BCUT2D eigenvalue weighted by molar-refractivity contribution is -0.131. The summed E-state index contributed by atoms with van der Waals surface area (Å²) in [4.78, 5) is 28.3. The van der Waals surface area contributed by atoms with Gasteiger partial charge in [0, 0.05) is 39.3 Å². The maximum Gasteiger partial charge on any atom is 0.315 e. The highest BCUT2D eigenvalue weighted by atomic mass is 19.1. The fourth-order valence-electron chi connectivity index (χ4n) is 3.20. The van der Waals surface area contributed by atoms with Gasteiger partial charge in [0.05, 0.1) is 6.54 Å². The molecule has 0 unspecified atom stereocenters. The molecule has 0 atom stereocenters. The zero-order chi connectivity index (χ0) is 21.2. The molecule has 0 radical (unpaired) electrons. The first-order valence-electron chi connectivity index (χ1n) is 10.1. The minimum Gasteiger partial charge on any atom is -0.339 e. The molecule has 1 aliphatic heterocycles. The number of urea groups is 1. The van der Waals surface area contributed by atoms with E-state index in [1.807, 2.05) is 18.2 Å². The number of nitrogens with one attached hydrogen (secondary N) is 2. The molecule has 2 aromatic rings. The van der Waals surface area contributed by atoms with E-state index in [1.54, 1.807) is 17.0 Å². The second kappa shape index (κ2) is 11.1. The molecule has 1 saturated heterocycles. The van der Waals surface area contributed by atoms with Gasteiger partial charge in [-0.15, -0.1) is 0 Å². The lowest BCUT2D eigenvalue weighted by Crippen LogP contribution is -2.51. The normalized spacial score (nSPS) is 14.6. The molecule has 2 N–H and O–H groups in total. The summed E-state index contributed by atoms with van der Waals surface area (Å²) in [6.07, 6.45) is 4.24. The van der Waals surface area contributed by atoms with Crippen molar-refractivity contribution >= 4 is 18.0 Å². The fraction of sp³-hybridized carbons (Fsp3) is 0.304. The Kier molecular flexibility index (Phi) is 7.97. The second-order valence-electron chi connectivity index (χ2n) is 7.16. The summed E-state index contributed by atoms with van der Waals surface area (Å²) >= 11 is 0. The molecule has 3 amide bonds. The number of carbonyl (C=O) groups excluding carboxylic acids is 2. The molecule has 2 aromatic carbocycles. The van der Waals surface area contributed by atoms with Gasteiger partial charge in [0.25, 0.3) is 0 Å². The van der Waals surface area contributed by atoms with Crippen molar-refractivity contribution in [3.63, 3.8) is 0 Å². The van der Waals surface area contributed by atoms with E-state index < -0.39 is 6.03 Å². The van der Waals surface area contributed by atoms with E-state index in [0.717, 1.165) is 25.2 Å². The van der Waals surface area contributed by atoms with E-state index in [-0.39, 0.29) is 24.8 Å². The molecular weight excluding hydrogens is 383 g/mol. The quantitative estimate of drug-likeness (QED) is 0.737. The molecule has 1 heterocycles. The molecule has 0 saturated carbocycles. The predicted molar refractivity (Wildman–Crippen MR) is 115 cm³/mol. The number of piperazine rings is 1. The molecule has 7 heteroatoms. The lowest BCUT2D eigenvalue weighted by atomic mass is 10.2. The van der Waals surface area contributed by atoms with E-state index >= 15 is 0 Å². The van der Waals surface area contributed by atoms with Crippen molar-refractivity contribution in [1.29, 1.82) is 0 Å². The highest BCUT2D eigenvalue weighted by Gasteiger charge is 2.20. The number of halogens is 1. The van der Waals surface area contributed by atoms with Gasteiger partial charge in [-0.3, -0.25) is 9.69 Å². The SMILES string of the molecule is O=C(NCC(=O)N1CCN(C/C=C/c2ccccc2)CC1)NCc1ccc(F)cc1. The van der Waals surface area contributed by atoms with Crippen LogP contribution in [0.1, 0.15) is 11.1 Å². The van der Waals surface area contributed by atoms with Crippen LogP contribution in [-0.2, 0) is 11.3 Å². The van der Waals surface area contributed by atoms with Gasteiger partial charge in [-0.2, -0.15) is 0 Å². The minimum atomic E-state index is -0.419. The Labute approximate surface area is 176 Å². The van der Waals surface area contributed by atoms with Crippen LogP contribution in [0.15, 0.2) is 60.7 Å². The number of benzene rings is 2. The smallest absolute Gasteiger partial charge is 0.315 e.